The Hall–Kier alpha value is -0.520. The summed E-state index contributed by atoms with van der Waals surface area (Å²) in [6.07, 6.45) is -8.91. The van der Waals surface area contributed by atoms with Gasteiger partial charge in [0.25, 0.3) is 0 Å². The van der Waals surface area contributed by atoms with E-state index >= 15 is 0 Å². The van der Waals surface area contributed by atoms with E-state index in [0.717, 1.165) is 0 Å². The van der Waals surface area contributed by atoms with Crippen LogP contribution in [0.25, 0.3) is 0 Å². The minimum absolute atomic E-state index is 0.116. The van der Waals surface area contributed by atoms with Gasteiger partial charge in [0, 0.05) is 12.2 Å². The van der Waals surface area contributed by atoms with E-state index in [-0.39, 0.29) is 18.4 Å². The highest BCUT2D eigenvalue weighted by atomic mass is 35.5. The lowest BCUT2D eigenvalue weighted by molar-refractivity contribution is -0.396. The molecule has 0 aliphatic rings. The summed E-state index contributed by atoms with van der Waals surface area (Å²) in [6, 6.07) is 0. The summed E-state index contributed by atoms with van der Waals surface area (Å²) in [5.41, 5.74) is 0. The Kier molecular flexibility index (Phi) is 7.41. The van der Waals surface area contributed by atoms with Crippen LogP contribution in [0.5, 0.6) is 0 Å². The maximum absolute atomic E-state index is 13.1. The van der Waals surface area contributed by atoms with Crippen LogP contribution in [0.15, 0.2) is 0 Å². The molecular formula is C10H10ClF9O2S. The minimum Gasteiger partial charge on any atom is -0.464 e. The van der Waals surface area contributed by atoms with E-state index < -0.39 is 46.8 Å². The van der Waals surface area contributed by atoms with Gasteiger partial charge in [0.2, 0.25) is 0 Å². The lowest BCUT2D eigenvalue weighted by Gasteiger charge is -2.33. The van der Waals surface area contributed by atoms with Crippen LogP contribution in [-0.2, 0) is 9.53 Å². The van der Waals surface area contributed by atoms with E-state index in [4.69, 9.17) is 11.6 Å². The topological polar surface area (TPSA) is 26.3 Å². The third-order valence-electron chi connectivity index (χ3n) is 2.36. The van der Waals surface area contributed by atoms with Gasteiger partial charge in [-0.2, -0.15) is 39.5 Å². The first-order chi connectivity index (χ1) is 10.1. The van der Waals surface area contributed by atoms with Gasteiger partial charge in [0.15, 0.2) is 4.71 Å². The van der Waals surface area contributed by atoms with Crippen LogP contribution < -0.4 is 0 Å². The zero-order chi connectivity index (χ0) is 18.7. The average Bonchev–Trinajstić information content (AvgIpc) is 2.36. The highest BCUT2D eigenvalue weighted by Gasteiger charge is 2.81. The highest BCUT2D eigenvalue weighted by molar-refractivity contribution is 8.01. The molecule has 0 aromatic carbocycles. The molecule has 138 valence electrons. The smallest absolute Gasteiger partial charge is 0.460 e. The number of alkyl halides is 10. The molecule has 1 unspecified atom stereocenters. The van der Waals surface area contributed by atoms with Crippen molar-refractivity contribution in [3.8, 4) is 0 Å². The number of hydrogen-bond acceptors (Lipinski definition) is 3. The molecule has 2 nitrogen and oxygen atoms in total. The van der Waals surface area contributed by atoms with Gasteiger partial charge in [0.1, 0.15) is 0 Å². The molecule has 0 saturated heterocycles. The van der Waals surface area contributed by atoms with Crippen LogP contribution in [0.2, 0.25) is 0 Å². The van der Waals surface area contributed by atoms with Gasteiger partial charge in [-0.1, -0.05) is 11.6 Å². The van der Waals surface area contributed by atoms with Gasteiger partial charge in [0.05, 0.1) is 6.61 Å². The number of halogens is 10. The Morgan fingerprint density at radius 1 is 1.04 bits per heavy atom. The largest absolute Gasteiger partial charge is 0.464 e. The lowest BCUT2D eigenvalue weighted by Crippen LogP contribution is -2.60. The molecule has 0 aromatic rings. The van der Waals surface area contributed by atoms with Gasteiger partial charge < -0.3 is 4.74 Å². The van der Waals surface area contributed by atoms with Crippen molar-refractivity contribution in [1.29, 1.82) is 0 Å². The van der Waals surface area contributed by atoms with Crippen LogP contribution >= 0.6 is 23.4 Å². The summed E-state index contributed by atoms with van der Waals surface area (Å²) in [4.78, 5) is 11.0. The predicted molar refractivity (Wildman–Crippen MR) is 64.2 cm³/mol. The second-order valence-corrected chi connectivity index (χ2v) is 5.95. The van der Waals surface area contributed by atoms with Crippen molar-refractivity contribution < 1.29 is 49.0 Å². The van der Waals surface area contributed by atoms with Crippen LogP contribution in [-0.4, -0.2) is 47.0 Å². The molecule has 0 aliphatic carbocycles. The number of esters is 1. The van der Waals surface area contributed by atoms with Gasteiger partial charge >= 0.3 is 29.9 Å². The first-order valence-corrected chi connectivity index (χ1v) is 7.22. The Morgan fingerprint density at radius 3 is 1.91 bits per heavy atom. The van der Waals surface area contributed by atoms with E-state index in [2.05, 4.69) is 4.74 Å². The summed E-state index contributed by atoms with van der Waals surface area (Å²) in [7, 11) is 0. The van der Waals surface area contributed by atoms with Gasteiger partial charge in [-0.15, -0.1) is 11.8 Å². The molecule has 0 aliphatic heterocycles. The molecule has 1 atom stereocenters. The standard InChI is InChI=1S/C10H10ClF9O2S/c1-2-22-6(21)5(11)23-4-3-7(12,13)8(14,15)9(16,17)10(18,19)20/h5H,2-4H2,1H3. The molecule has 0 radical (unpaired) electrons. The van der Waals surface area contributed by atoms with Crippen LogP contribution in [0.1, 0.15) is 13.3 Å². The van der Waals surface area contributed by atoms with Crippen molar-refractivity contribution in [2.45, 2.75) is 42.0 Å². The number of rotatable bonds is 8. The molecule has 0 aromatic heterocycles. The second kappa shape index (κ2) is 7.58. The average molecular weight is 401 g/mol. The predicted octanol–water partition coefficient (Wildman–Crippen LogP) is 4.71. The molecular weight excluding hydrogens is 391 g/mol. The molecule has 0 heterocycles. The number of hydrogen-bond donors (Lipinski definition) is 0. The molecule has 0 saturated carbocycles. The lowest BCUT2D eigenvalue weighted by atomic mass is 10.0. The Morgan fingerprint density at radius 2 is 1.52 bits per heavy atom. The SMILES string of the molecule is CCOC(=O)C(Cl)SCCC(F)(F)C(F)(F)C(F)(F)C(F)(F)F. The van der Waals surface area contributed by atoms with Gasteiger partial charge in [-0.05, 0) is 6.92 Å². The van der Waals surface area contributed by atoms with Crippen LogP contribution in [0, 0.1) is 0 Å². The maximum atomic E-state index is 13.1. The fourth-order valence-corrected chi connectivity index (χ4v) is 2.25. The van der Waals surface area contributed by atoms with Crippen molar-refractivity contribution in [3.05, 3.63) is 0 Å². The van der Waals surface area contributed by atoms with E-state index in [1.807, 2.05) is 0 Å². The van der Waals surface area contributed by atoms with E-state index in [1.165, 1.54) is 6.92 Å². The summed E-state index contributed by atoms with van der Waals surface area (Å²) in [5, 5.41) is 0. The zero-order valence-electron chi connectivity index (χ0n) is 11.2. The summed E-state index contributed by atoms with van der Waals surface area (Å²) >= 11 is 5.48. The molecule has 0 spiro atoms. The maximum Gasteiger partial charge on any atom is 0.460 e. The van der Waals surface area contributed by atoms with Crippen molar-refractivity contribution in [3.63, 3.8) is 0 Å². The number of carbonyl (C=O) groups is 1. The van der Waals surface area contributed by atoms with Crippen molar-refractivity contribution in [2.24, 2.45) is 0 Å². The number of ether oxygens (including phenoxy) is 1. The minimum atomic E-state index is -6.92. The van der Waals surface area contributed by atoms with Crippen molar-refractivity contribution in [1.82, 2.24) is 0 Å². The Balaban J connectivity index is 4.90. The summed E-state index contributed by atoms with van der Waals surface area (Å²) < 4.78 is 116. The third-order valence-corrected chi connectivity index (χ3v) is 3.84. The Labute approximate surface area is 133 Å². The molecule has 0 amide bonds. The van der Waals surface area contributed by atoms with Gasteiger partial charge in [-0.25, -0.2) is 4.79 Å². The van der Waals surface area contributed by atoms with Crippen molar-refractivity contribution >= 4 is 29.3 Å². The first-order valence-electron chi connectivity index (χ1n) is 5.74. The molecule has 23 heavy (non-hydrogen) atoms. The number of carbonyl (C=O) groups excluding carboxylic acids is 1. The molecule has 0 rings (SSSR count). The number of thioether (sulfide) groups is 1. The third kappa shape index (κ3) is 4.97. The summed E-state index contributed by atoms with van der Waals surface area (Å²) in [5.74, 6) is -21.4. The quantitative estimate of drug-likeness (QED) is 0.335. The second-order valence-electron chi connectivity index (χ2n) is 4.04. The fraction of sp³-hybridized carbons (Fsp3) is 0.900. The first kappa shape index (κ1) is 22.5. The molecule has 0 bridgehead atoms. The Bertz CT molecular complexity index is 414. The molecule has 0 fully saturated rings. The molecule has 0 N–H and O–H groups in total. The van der Waals surface area contributed by atoms with Gasteiger partial charge in [-0.3, -0.25) is 0 Å². The molecule has 13 heteroatoms. The van der Waals surface area contributed by atoms with Crippen LogP contribution in [0.4, 0.5) is 39.5 Å². The van der Waals surface area contributed by atoms with E-state index in [9.17, 15) is 44.3 Å². The normalized spacial score (nSPS) is 15.4. The van der Waals surface area contributed by atoms with Crippen molar-refractivity contribution in [2.75, 3.05) is 12.4 Å². The monoisotopic (exact) mass is 400 g/mol. The zero-order valence-corrected chi connectivity index (χ0v) is 12.8. The van der Waals surface area contributed by atoms with Crippen LogP contribution in [0.3, 0.4) is 0 Å². The summed E-state index contributed by atoms with van der Waals surface area (Å²) in [6.45, 7) is 1.27. The fourth-order valence-electron chi connectivity index (χ4n) is 1.13. The highest BCUT2D eigenvalue weighted by Crippen LogP contribution is 2.54. The van der Waals surface area contributed by atoms with E-state index in [1.54, 1.807) is 0 Å². The van der Waals surface area contributed by atoms with E-state index in [0.29, 0.717) is 0 Å².